The van der Waals surface area contributed by atoms with Gasteiger partial charge in [0.2, 0.25) is 0 Å². The minimum absolute atomic E-state index is 0.178. The summed E-state index contributed by atoms with van der Waals surface area (Å²) in [4.78, 5) is 4.00. The van der Waals surface area contributed by atoms with E-state index < -0.39 is 0 Å². The van der Waals surface area contributed by atoms with Gasteiger partial charge in [-0.1, -0.05) is 29.8 Å². The van der Waals surface area contributed by atoms with Crippen molar-refractivity contribution in [3.8, 4) is 0 Å². The van der Waals surface area contributed by atoms with E-state index in [0.717, 1.165) is 6.42 Å². The Bertz CT molecular complexity index is 675. The molecule has 1 fully saturated rings. The highest BCUT2D eigenvalue weighted by atomic mass is 32.1. The van der Waals surface area contributed by atoms with Gasteiger partial charge in [0, 0.05) is 29.9 Å². The van der Waals surface area contributed by atoms with E-state index in [1.165, 1.54) is 34.4 Å². The predicted octanol–water partition coefficient (Wildman–Crippen LogP) is 4.29. The lowest BCUT2D eigenvalue weighted by Crippen LogP contribution is -2.46. The van der Waals surface area contributed by atoms with Crippen molar-refractivity contribution in [2.75, 3.05) is 14.2 Å². The lowest BCUT2D eigenvalue weighted by Gasteiger charge is -2.44. The number of aryl methyl sites for hydroxylation is 1. The molecule has 2 unspecified atom stereocenters. The number of rotatable bonds is 3. The van der Waals surface area contributed by atoms with Crippen molar-refractivity contribution < 1.29 is 4.74 Å². The van der Waals surface area contributed by atoms with E-state index in [0.29, 0.717) is 11.5 Å². The Hall–Kier alpha value is -1.16. The van der Waals surface area contributed by atoms with Crippen LogP contribution in [0.15, 0.2) is 35.7 Å². The van der Waals surface area contributed by atoms with Crippen LogP contribution in [-0.2, 0) is 16.6 Å². The molecule has 1 aliphatic carbocycles. The topological polar surface area (TPSA) is 12.5 Å². The Labute approximate surface area is 136 Å². The fourth-order valence-corrected chi connectivity index (χ4v) is 5.20. The summed E-state index contributed by atoms with van der Waals surface area (Å²) >= 11 is 1.91. The van der Waals surface area contributed by atoms with Gasteiger partial charge in [-0.3, -0.25) is 4.90 Å². The second-order valence-electron chi connectivity index (χ2n) is 6.80. The molecule has 2 aromatic rings. The van der Waals surface area contributed by atoms with Crippen LogP contribution < -0.4 is 0 Å². The Balaban J connectivity index is 1.84. The molecule has 1 aromatic carbocycles. The Morgan fingerprint density at radius 2 is 2.09 bits per heavy atom. The Morgan fingerprint density at radius 1 is 1.27 bits per heavy atom. The molecule has 1 saturated carbocycles. The maximum Gasteiger partial charge on any atom is 0.114 e. The highest BCUT2D eigenvalue weighted by Gasteiger charge is 2.55. The molecule has 0 bridgehead atoms. The molecule has 22 heavy (non-hydrogen) atoms. The standard InChI is InChI=1S/C19H23NOS/c1-13-6-7-15-14(11-13)12-17(21-3)20(2)18(15)19(8-9-19)16-5-4-10-22-16/h4-7,10-11,17-18H,8-9,12H2,1-3H3. The third-order valence-electron chi connectivity index (χ3n) is 5.45. The Morgan fingerprint density at radius 3 is 2.73 bits per heavy atom. The van der Waals surface area contributed by atoms with Gasteiger partial charge in [0.05, 0.1) is 0 Å². The molecule has 1 aliphatic heterocycles. The summed E-state index contributed by atoms with van der Waals surface area (Å²) in [5, 5.41) is 2.21. The van der Waals surface area contributed by atoms with Crippen LogP contribution in [-0.4, -0.2) is 25.3 Å². The minimum Gasteiger partial charge on any atom is -0.366 e. The molecule has 2 heterocycles. The van der Waals surface area contributed by atoms with Crippen LogP contribution in [0.25, 0.3) is 0 Å². The van der Waals surface area contributed by atoms with Crippen LogP contribution in [0.4, 0.5) is 0 Å². The van der Waals surface area contributed by atoms with Crippen LogP contribution in [0.1, 0.15) is 40.5 Å². The normalized spacial score (nSPS) is 26.7. The zero-order valence-corrected chi connectivity index (χ0v) is 14.3. The zero-order valence-electron chi connectivity index (χ0n) is 13.5. The Kier molecular flexibility index (Phi) is 3.40. The molecule has 2 aliphatic rings. The number of hydrogen-bond acceptors (Lipinski definition) is 3. The SMILES string of the molecule is COC1Cc2cc(C)ccc2C(C2(c3cccs3)CC2)N1C. The summed E-state index contributed by atoms with van der Waals surface area (Å²) in [5.41, 5.74) is 4.62. The molecule has 2 nitrogen and oxygen atoms in total. The van der Waals surface area contributed by atoms with Gasteiger partial charge in [0.1, 0.15) is 6.23 Å². The first-order chi connectivity index (χ1) is 10.7. The van der Waals surface area contributed by atoms with Crippen molar-refractivity contribution in [1.29, 1.82) is 0 Å². The molecule has 0 amide bonds. The summed E-state index contributed by atoms with van der Waals surface area (Å²) in [6, 6.07) is 11.9. The van der Waals surface area contributed by atoms with Crippen molar-refractivity contribution in [3.63, 3.8) is 0 Å². The largest absolute Gasteiger partial charge is 0.366 e. The number of fused-ring (bicyclic) bond motifs is 1. The number of likely N-dealkylation sites (N-methyl/N-ethyl adjacent to an activating group) is 1. The van der Waals surface area contributed by atoms with E-state index in [4.69, 9.17) is 4.74 Å². The average molecular weight is 313 g/mol. The maximum absolute atomic E-state index is 5.80. The number of thiophene rings is 1. The number of benzene rings is 1. The van der Waals surface area contributed by atoms with Crippen LogP contribution in [0.3, 0.4) is 0 Å². The average Bonchev–Trinajstić information content (AvgIpc) is 3.11. The van der Waals surface area contributed by atoms with E-state index in [2.05, 4.69) is 54.6 Å². The molecule has 0 saturated heterocycles. The smallest absolute Gasteiger partial charge is 0.114 e. The fraction of sp³-hybridized carbons (Fsp3) is 0.474. The van der Waals surface area contributed by atoms with Gasteiger partial charge in [-0.2, -0.15) is 0 Å². The van der Waals surface area contributed by atoms with E-state index in [9.17, 15) is 0 Å². The first kappa shape index (κ1) is 14.4. The third kappa shape index (κ3) is 2.07. The van der Waals surface area contributed by atoms with Crippen LogP contribution in [0, 0.1) is 6.92 Å². The number of hydrogen-bond donors (Lipinski definition) is 0. The molecule has 1 aromatic heterocycles. The molecule has 0 radical (unpaired) electrons. The molecule has 0 N–H and O–H groups in total. The summed E-state index contributed by atoms with van der Waals surface area (Å²) in [5.74, 6) is 0. The quantitative estimate of drug-likeness (QED) is 0.838. The highest BCUT2D eigenvalue weighted by molar-refractivity contribution is 7.10. The monoisotopic (exact) mass is 313 g/mol. The van der Waals surface area contributed by atoms with Gasteiger partial charge in [-0.05, 0) is 49.4 Å². The molecular weight excluding hydrogens is 290 g/mol. The van der Waals surface area contributed by atoms with Gasteiger partial charge in [0.15, 0.2) is 0 Å². The van der Waals surface area contributed by atoms with Crippen LogP contribution in [0.5, 0.6) is 0 Å². The lowest BCUT2D eigenvalue weighted by molar-refractivity contribution is -0.0572. The molecule has 3 heteroatoms. The van der Waals surface area contributed by atoms with Gasteiger partial charge in [-0.25, -0.2) is 0 Å². The van der Waals surface area contributed by atoms with E-state index in [-0.39, 0.29) is 6.23 Å². The second-order valence-corrected chi connectivity index (χ2v) is 7.75. The van der Waals surface area contributed by atoms with Crippen molar-refractivity contribution in [2.24, 2.45) is 0 Å². The van der Waals surface area contributed by atoms with Crippen LogP contribution in [0.2, 0.25) is 0 Å². The van der Waals surface area contributed by atoms with E-state index >= 15 is 0 Å². The molecule has 2 atom stereocenters. The minimum atomic E-state index is 0.178. The summed E-state index contributed by atoms with van der Waals surface area (Å²) in [6.07, 6.45) is 3.73. The third-order valence-corrected chi connectivity index (χ3v) is 6.53. The fourth-order valence-electron chi connectivity index (χ4n) is 4.18. The van der Waals surface area contributed by atoms with Gasteiger partial charge in [-0.15, -0.1) is 11.3 Å². The van der Waals surface area contributed by atoms with E-state index in [1.54, 1.807) is 0 Å². The second kappa shape index (κ2) is 5.19. The summed E-state index contributed by atoms with van der Waals surface area (Å²) in [7, 11) is 4.07. The van der Waals surface area contributed by atoms with Crippen molar-refractivity contribution in [2.45, 2.75) is 43.9 Å². The number of nitrogens with zero attached hydrogens (tertiary/aromatic N) is 1. The molecule has 4 rings (SSSR count). The van der Waals surface area contributed by atoms with Gasteiger partial charge < -0.3 is 4.74 Å². The number of ether oxygens (including phenoxy) is 1. The molecular formula is C19H23NOS. The van der Waals surface area contributed by atoms with Crippen molar-refractivity contribution in [1.82, 2.24) is 4.90 Å². The summed E-state index contributed by atoms with van der Waals surface area (Å²) < 4.78 is 5.80. The lowest BCUT2D eigenvalue weighted by atomic mass is 9.81. The highest BCUT2D eigenvalue weighted by Crippen LogP contribution is 2.61. The predicted molar refractivity (Wildman–Crippen MR) is 91.4 cm³/mol. The first-order valence-electron chi connectivity index (χ1n) is 8.04. The zero-order chi connectivity index (χ0) is 15.3. The van der Waals surface area contributed by atoms with Crippen LogP contribution >= 0.6 is 11.3 Å². The van der Waals surface area contributed by atoms with Gasteiger partial charge >= 0.3 is 0 Å². The maximum atomic E-state index is 5.80. The number of methoxy groups -OCH3 is 1. The molecule has 0 spiro atoms. The van der Waals surface area contributed by atoms with E-state index in [1.807, 2.05) is 18.4 Å². The summed E-state index contributed by atoms with van der Waals surface area (Å²) in [6.45, 7) is 2.18. The molecule has 116 valence electrons. The first-order valence-corrected chi connectivity index (χ1v) is 8.92. The van der Waals surface area contributed by atoms with Gasteiger partial charge in [0.25, 0.3) is 0 Å². The van der Waals surface area contributed by atoms with Crippen molar-refractivity contribution in [3.05, 3.63) is 57.3 Å². The van der Waals surface area contributed by atoms with Crippen molar-refractivity contribution >= 4 is 11.3 Å².